The summed E-state index contributed by atoms with van der Waals surface area (Å²) in [6, 6.07) is 4.46. The number of fused-ring (bicyclic) bond motifs is 3. The van der Waals surface area contributed by atoms with Gasteiger partial charge in [-0.1, -0.05) is 26.0 Å². The molecule has 6 atom stereocenters. The highest BCUT2D eigenvalue weighted by atomic mass is 16.7. The molecule has 1 saturated heterocycles. The van der Waals surface area contributed by atoms with Crippen LogP contribution < -0.4 is 4.74 Å². The molecule has 1 aliphatic heterocycles. The first-order chi connectivity index (χ1) is 18.4. The molecule has 2 aromatic carbocycles. The standard InChI is InChI=1S/C29H32O10/c1-12-8-20(38-14(3)13(12)2)39-18-10-29(36,19(31)11-30)9-16-22(18)28(35)24-23(26(16)33)25(32)15-6-5-7-17(37-4)21(15)27(24)34/h5-7,12-14,18,20,30,33,35-36H,8-11H2,1-4H3. The minimum absolute atomic E-state index is 0.0105. The maximum absolute atomic E-state index is 13.7. The van der Waals surface area contributed by atoms with E-state index in [2.05, 4.69) is 13.8 Å². The molecule has 3 aliphatic rings. The van der Waals surface area contributed by atoms with Crippen molar-refractivity contribution in [3.05, 3.63) is 51.6 Å². The second-order valence-corrected chi connectivity index (χ2v) is 10.8. The molecule has 0 spiro atoms. The quantitative estimate of drug-likeness (QED) is 0.354. The summed E-state index contributed by atoms with van der Waals surface area (Å²) in [5.74, 6) is -2.96. The van der Waals surface area contributed by atoms with Gasteiger partial charge in [0.1, 0.15) is 29.5 Å². The Hall–Kier alpha value is -3.31. The average molecular weight is 541 g/mol. The third-order valence-electron chi connectivity index (χ3n) is 8.62. The van der Waals surface area contributed by atoms with Gasteiger partial charge in [0.2, 0.25) is 5.78 Å². The average Bonchev–Trinajstić information content (AvgIpc) is 2.90. The van der Waals surface area contributed by atoms with Gasteiger partial charge in [0.15, 0.2) is 17.9 Å². The Labute approximate surface area is 225 Å². The molecule has 39 heavy (non-hydrogen) atoms. The number of carbonyl (C=O) groups is 3. The van der Waals surface area contributed by atoms with Crippen LogP contribution in [0.1, 0.15) is 82.7 Å². The smallest absolute Gasteiger partial charge is 0.202 e. The van der Waals surface area contributed by atoms with Crippen molar-refractivity contribution in [1.82, 2.24) is 0 Å². The van der Waals surface area contributed by atoms with Crippen molar-refractivity contribution < 1.29 is 49.0 Å². The van der Waals surface area contributed by atoms with Crippen LogP contribution in [0.25, 0.3) is 0 Å². The fourth-order valence-corrected chi connectivity index (χ4v) is 6.06. The number of phenols is 2. The summed E-state index contributed by atoms with van der Waals surface area (Å²) in [4.78, 5) is 39.9. The normalized spacial score (nSPS) is 29.8. The number of methoxy groups -OCH3 is 1. The predicted octanol–water partition coefficient (Wildman–Crippen LogP) is 2.59. The van der Waals surface area contributed by atoms with Crippen molar-refractivity contribution in [1.29, 1.82) is 0 Å². The van der Waals surface area contributed by atoms with Crippen LogP contribution in [0.4, 0.5) is 0 Å². The lowest BCUT2D eigenvalue weighted by atomic mass is 9.72. The Balaban J connectivity index is 1.69. The molecule has 0 saturated carbocycles. The van der Waals surface area contributed by atoms with Gasteiger partial charge >= 0.3 is 0 Å². The minimum Gasteiger partial charge on any atom is -0.507 e. The number of ether oxygens (including phenoxy) is 3. The lowest BCUT2D eigenvalue weighted by Crippen LogP contribution is -2.48. The van der Waals surface area contributed by atoms with E-state index in [1.165, 1.54) is 25.3 Å². The van der Waals surface area contributed by atoms with Crippen LogP contribution in [-0.4, -0.2) is 69.5 Å². The molecule has 0 radical (unpaired) electrons. The van der Waals surface area contributed by atoms with Gasteiger partial charge in [-0.15, -0.1) is 0 Å². The summed E-state index contributed by atoms with van der Waals surface area (Å²) in [6.45, 7) is 5.05. The second kappa shape index (κ2) is 9.71. The summed E-state index contributed by atoms with van der Waals surface area (Å²) in [5.41, 5.74) is -3.17. The van der Waals surface area contributed by atoms with Crippen LogP contribution in [-0.2, 0) is 20.7 Å². The Morgan fingerprint density at radius 1 is 1.08 bits per heavy atom. The van der Waals surface area contributed by atoms with Gasteiger partial charge in [0, 0.05) is 36.0 Å². The Morgan fingerprint density at radius 2 is 1.77 bits per heavy atom. The number of hydrogen-bond acceptors (Lipinski definition) is 10. The first-order valence-electron chi connectivity index (χ1n) is 13.0. The molecule has 0 amide bonds. The number of benzene rings is 2. The molecule has 0 bridgehead atoms. The van der Waals surface area contributed by atoms with Crippen LogP contribution in [0.5, 0.6) is 17.2 Å². The van der Waals surface area contributed by atoms with Crippen LogP contribution in [0.15, 0.2) is 18.2 Å². The van der Waals surface area contributed by atoms with E-state index in [1.807, 2.05) is 6.92 Å². The zero-order chi connectivity index (χ0) is 28.4. The van der Waals surface area contributed by atoms with Crippen LogP contribution in [0.3, 0.4) is 0 Å². The zero-order valence-electron chi connectivity index (χ0n) is 22.2. The molecule has 10 nitrogen and oxygen atoms in total. The third-order valence-corrected chi connectivity index (χ3v) is 8.62. The predicted molar refractivity (Wildman–Crippen MR) is 136 cm³/mol. The van der Waals surface area contributed by atoms with E-state index in [4.69, 9.17) is 14.2 Å². The van der Waals surface area contributed by atoms with Gasteiger partial charge in [0.05, 0.1) is 36.0 Å². The van der Waals surface area contributed by atoms with Gasteiger partial charge in [-0.2, -0.15) is 0 Å². The van der Waals surface area contributed by atoms with E-state index >= 15 is 0 Å². The second-order valence-electron chi connectivity index (χ2n) is 10.8. The van der Waals surface area contributed by atoms with Gasteiger partial charge in [-0.25, -0.2) is 0 Å². The molecule has 2 aromatic rings. The van der Waals surface area contributed by atoms with Gasteiger partial charge < -0.3 is 34.6 Å². The van der Waals surface area contributed by atoms with Crippen molar-refractivity contribution in [3.63, 3.8) is 0 Å². The van der Waals surface area contributed by atoms with Gasteiger partial charge in [0.25, 0.3) is 0 Å². The monoisotopic (exact) mass is 540 g/mol. The third kappa shape index (κ3) is 4.13. The van der Waals surface area contributed by atoms with Crippen LogP contribution >= 0.6 is 0 Å². The summed E-state index contributed by atoms with van der Waals surface area (Å²) < 4.78 is 17.5. The first kappa shape index (κ1) is 27.3. The Morgan fingerprint density at radius 3 is 2.41 bits per heavy atom. The van der Waals surface area contributed by atoms with Crippen molar-refractivity contribution in [2.45, 2.75) is 64.1 Å². The topological polar surface area (TPSA) is 160 Å². The molecular weight excluding hydrogens is 508 g/mol. The summed E-state index contributed by atoms with van der Waals surface area (Å²) >= 11 is 0. The minimum atomic E-state index is -2.16. The number of phenolic OH excluding ortho intramolecular Hbond substituents is 2. The summed E-state index contributed by atoms with van der Waals surface area (Å²) in [5, 5.41) is 43.8. The number of hydrogen-bond donors (Lipinski definition) is 4. The van der Waals surface area contributed by atoms with E-state index in [-0.39, 0.29) is 52.4 Å². The maximum atomic E-state index is 13.7. The number of Topliss-reactive ketones (excluding diaryl/α,β-unsaturated/α-hetero) is 1. The highest BCUT2D eigenvalue weighted by molar-refractivity contribution is 6.31. The molecule has 4 N–H and O–H groups in total. The molecule has 6 unspecified atom stereocenters. The van der Waals surface area contributed by atoms with E-state index in [0.29, 0.717) is 6.42 Å². The van der Waals surface area contributed by atoms with Crippen LogP contribution in [0, 0.1) is 11.8 Å². The van der Waals surface area contributed by atoms with E-state index < -0.39 is 71.0 Å². The molecule has 2 aliphatic carbocycles. The van der Waals surface area contributed by atoms with Crippen molar-refractivity contribution in [3.8, 4) is 17.2 Å². The van der Waals surface area contributed by atoms with Gasteiger partial charge in [-0.3, -0.25) is 14.4 Å². The molecule has 1 heterocycles. The summed E-state index contributed by atoms with van der Waals surface area (Å²) in [6.07, 6.45) is -2.52. The van der Waals surface area contributed by atoms with E-state index in [0.717, 1.165) is 0 Å². The summed E-state index contributed by atoms with van der Waals surface area (Å²) in [7, 11) is 1.35. The number of aliphatic hydroxyl groups excluding tert-OH is 1. The Bertz CT molecular complexity index is 1370. The fraction of sp³-hybridized carbons (Fsp3) is 0.483. The number of ketones is 3. The SMILES string of the molecule is COc1cccc2c1C(=O)c1c(O)c3c(c(O)c1C2=O)CC(O)(C(=O)CO)CC3OC1CC(C)C(C)C(C)O1. The highest BCUT2D eigenvalue weighted by Crippen LogP contribution is 2.52. The van der Waals surface area contributed by atoms with E-state index in [9.17, 15) is 34.8 Å². The number of carbonyl (C=O) groups excluding carboxylic acids is 3. The number of rotatable bonds is 5. The molecule has 208 valence electrons. The Kier molecular flexibility index (Phi) is 6.79. The number of aliphatic hydroxyl groups is 2. The zero-order valence-corrected chi connectivity index (χ0v) is 22.2. The van der Waals surface area contributed by atoms with Gasteiger partial charge in [-0.05, 0) is 24.8 Å². The molecular formula is C29H32O10. The largest absolute Gasteiger partial charge is 0.507 e. The van der Waals surface area contributed by atoms with Crippen LogP contribution in [0.2, 0.25) is 0 Å². The first-order valence-corrected chi connectivity index (χ1v) is 13.0. The molecule has 5 rings (SSSR count). The van der Waals surface area contributed by atoms with Crippen molar-refractivity contribution >= 4 is 17.3 Å². The van der Waals surface area contributed by atoms with E-state index in [1.54, 1.807) is 0 Å². The molecule has 0 aromatic heterocycles. The number of aromatic hydroxyl groups is 2. The van der Waals surface area contributed by atoms with Crippen molar-refractivity contribution in [2.75, 3.05) is 13.7 Å². The highest BCUT2D eigenvalue weighted by Gasteiger charge is 2.50. The molecule has 1 fully saturated rings. The lowest BCUT2D eigenvalue weighted by Gasteiger charge is -2.42. The fourth-order valence-electron chi connectivity index (χ4n) is 6.06. The maximum Gasteiger partial charge on any atom is 0.202 e. The molecule has 10 heteroatoms. The van der Waals surface area contributed by atoms with Crippen molar-refractivity contribution in [2.24, 2.45) is 11.8 Å². The lowest BCUT2D eigenvalue weighted by molar-refractivity contribution is -0.243.